The standard InChI is InChI=1S/C12H28N4/c1-7-14-12(13-6)15-8-9-16(10(2)3)11(4)5/h10-11H,7-9H2,1-6H3,(H2,13,14,15). The van der Waals surface area contributed by atoms with Gasteiger partial charge in [-0.25, -0.2) is 0 Å². The number of guanidine groups is 1. The molecule has 0 spiro atoms. The smallest absolute Gasteiger partial charge is 0.191 e. The number of nitrogens with one attached hydrogen (secondary N) is 2. The van der Waals surface area contributed by atoms with Crippen molar-refractivity contribution in [2.75, 3.05) is 26.7 Å². The van der Waals surface area contributed by atoms with Crippen LogP contribution in [0.1, 0.15) is 34.6 Å². The molecule has 0 bridgehead atoms. The van der Waals surface area contributed by atoms with Crippen LogP contribution >= 0.6 is 0 Å². The summed E-state index contributed by atoms with van der Waals surface area (Å²) in [5.41, 5.74) is 0. The first-order valence-electron chi connectivity index (χ1n) is 6.23. The lowest BCUT2D eigenvalue weighted by Crippen LogP contribution is -2.45. The monoisotopic (exact) mass is 228 g/mol. The SMILES string of the molecule is CCNC(=NC)NCCN(C(C)C)C(C)C. The van der Waals surface area contributed by atoms with Crippen molar-refractivity contribution in [3.63, 3.8) is 0 Å². The van der Waals surface area contributed by atoms with Gasteiger partial charge in [0.25, 0.3) is 0 Å². The van der Waals surface area contributed by atoms with Gasteiger partial charge >= 0.3 is 0 Å². The fourth-order valence-corrected chi connectivity index (χ4v) is 1.80. The van der Waals surface area contributed by atoms with Crippen LogP contribution in [0.4, 0.5) is 0 Å². The lowest BCUT2D eigenvalue weighted by Gasteiger charge is -2.30. The van der Waals surface area contributed by atoms with Crippen LogP contribution in [-0.4, -0.2) is 49.6 Å². The molecule has 0 aliphatic carbocycles. The van der Waals surface area contributed by atoms with E-state index in [9.17, 15) is 0 Å². The van der Waals surface area contributed by atoms with Gasteiger partial charge in [0.15, 0.2) is 5.96 Å². The van der Waals surface area contributed by atoms with Crippen LogP contribution in [0.5, 0.6) is 0 Å². The second kappa shape index (κ2) is 8.39. The molecule has 4 heteroatoms. The van der Waals surface area contributed by atoms with Crippen LogP contribution in [0.25, 0.3) is 0 Å². The molecule has 0 aromatic rings. The van der Waals surface area contributed by atoms with Gasteiger partial charge in [-0.3, -0.25) is 9.89 Å². The maximum Gasteiger partial charge on any atom is 0.191 e. The highest BCUT2D eigenvalue weighted by atomic mass is 15.2. The summed E-state index contributed by atoms with van der Waals surface area (Å²) in [6.45, 7) is 13.9. The van der Waals surface area contributed by atoms with E-state index in [4.69, 9.17) is 0 Å². The van der Waals surface area contributed by atoms with Crippen LogP contribution < -0.4 is 10.6 Å². The zero-order valence-electron chi connectivity index (χ0n) is 11.7. The van der Waals surface area contributed by atoms with E-state index in [1.54, 1.807) is 7.05 Å². The van der Waals surface area contributed by atoms with Crippen LogP contribution in [0.15, 0.2) is 4.99 Å². The number of hydrogen-bond acceptors (Lipinski definition) is 2. The van der Waals surface area contributed by atoms with Gasteiger partial charge in [0.05, 0.1) is 0 Å². The highest BCUT2D eigenvalue weighted by Crippen LogP contribution is 2.02. The van der Waals surface area contributed by atoms with Crippen molar-refractivity contribution in [3.05, 3.63) is 0 Å². The lowest BCUT2D eigenvalue weighted by molar-refractivity contribution is 0.178. The molecule has 0 saturated heterocycles. The summed E-state index contributed by atoms with van der Waals surface area (Å²) < 4.78 is 0. The molecule has 2 N–H and O–H groups in total. The van der Waals surface area contributed by atoms with Crippen molar-refractivity contribution in [1.29, 1.82) is 0 Å². The van der Waals surface area contributed by atoms with Gasteiger partial charge in [0.1, 0.15) is 0 Å². The summed E-state index contributed by atoms with van der Waals surface area (Å²) in [5, 5.41) is 6.49. The first-order valence-corrected chi connectivity index (χ1v) is 6.23. The minimum Gasteiger partial charge on any atom is -0.357 e. The molecule has 0 atom stereocenters. The number of aliphatic imine (C=N–C) groups is 1. The highest BCUT2D eigenvalue weighted by Gasteiger charge is 2.12. The zero-order valence-corrected chi connectivity index (χ0v) is 11.7. The molecular weight excluding hydrogens is 200 g/mol. The molecule has 0 radical (unpaired) electrons. The third-order valence-corrected chi connectivity index (χ3v) is 2.56. The van der Waals surface area contributed by atoms with Crippen molar-refractivity contribution >= 4 is 5.96 Å². The van der Waals surface area contributed by atoms with E-state index in [0.717, 1.165) is 25.6 Å². The predicted octanol–water partition coefficient (Wildman–Crippen LogP) is 1.29. The second-order valence-corrected chi connectivity index (χ2v) is 4.45. The number of hydrogen-bond donors (Lipinski definition) is 2. The van der Waals surface area contributed by atoms with Gasteiger partial charge in [-0.2, -0.15) is 0 Å². The van der Waals surface area contributed by atoms with E-state index in [1.807, 2.05) is 0 Å². The highest BCUT2D eigenvalue weighted by molar-refractivity contribution is 5.79. The van der Waals surface area contributed by atoms with Crippen molar-refractivity contribution in [2.24, 2.45) is 4.99 Å². The van der Waals surface area contributed by atoms with Gasteiger partial charge in [0, 0.05) is 38.8 Å². The van der Waals surface area contributed by atoms with E-state index in [2.05, 4.69) is 55.1 Å². The summed E-state index contributed by atoms with van der Waals surface area (Å²) in [5.74, 6) is 0.884. The normalized spacial score (nSPS) is 12.7. The summed E-state index contributed by atoms with van der Waals surface area (Å²) in [6, 6.07) is 1.17. The van der Waals surface area contributed by atoms with Crippen LogP contribution in [0.2, 0.25) is 0 Å². The van der Waals surface area contributed by atoms with E-state index in [0.29, 0.717) is 12.1 Å². The Morgan fingerprint density at radius 3 is 2.06 bits per heavy atom. The van der Waals surface area contributed by atoms with E-state index in [-0.39, 0.29) is 0 Å². The molecule has 0 aliphatic rings. The Morgan fingerprint density at radius 2 is 1.69 bits per heavy atom. The molecule has 4 nitrogen and oxygen atoms in total. The predicted molar refractivity (Wildman–Crippen MR) is 72.0 cm³/mol. The van der Waals surface area contributed by atoms with Crippen molar-refractivity contribution < 1.29 is 0 Å². The Bertz CT molecular complexity index is 191. The molecule has 0 aromatic heterocycles. The number of rotatable bonds is 6. The first-order chi connectivity index (χ1) is 7.52. The Morgan fingerprint density at radius 1 is 1.12 bits per heavy atom. The maximum absolute atomic E-state index is 4.14. The molecule has 96 valence electrons. The summed E-state index contributed by atoms with van der Waals surface area (Å²) in [6.07, 6.45) is 0. The van der Waals surface area contributed by atoms with E-state index >= 15 is 0 Å². The van der Waals surface area contributed by atoms with Gasteiger partial charge in [-0.15, -0.1) is 0 Å². The molecule has 16 heavy (non-hydrogen) atoms. The minimum atomic E-state index is 0.586. The summed E-state index contributed by atoms with van der Waals surface area (Å²) in [4.78, 5) is 6.60. The third kappa shape index (κ3) is 5.95. The van der Waals surface area contributed by atoms with Crippen LogP contribution in [0.3, 0.4) is 0 Å². The quantitative estimate of drug-likeness (QED) is 0.531. The Balaban J connectivity index is 3.94. The molecule has 0 unspecified atom stereocenters. The fourth-order valence-electron chi connectivity index (χ4n) is 1.80. The molecule has 0 rings (SSSR count). The van der Waals surface area contributed by atoms with E-state index in [1.165, 1.54) is 0 Å². The van der Waals surface area contributed by atoms with Gasteiger partial charge < -0.3 is 10.6 Å². The number of nitrogens with zero attached hydrogens (tertiary/aromatic N) is 2. The molecule has 0 amide bonds. The van der Waals surface area contributed by atoms with Gasteiger partial charge in [-0.05, 0) is 34.6 Å². The maximum atomic E-state index is 4.14. The third-order valence-electron chi connectivity index (χ3n) is 2.56. The molecule has 0 aliphatic heterocycles. The van der Waals surface area contributed by atoms with Crippen molar-refractivity contribution in [2.45, 2.75) is 46.7 Å². The average molecular weight is 228 g/mol. The van der Waals surface area contributed by atoms with Gasteiger partial charge in [0.2, 0.25) is 0 Å². The largest absolute Gasteiger partial charge is 0.357 e. The summed E-state index contributed by atoms with van der Waals surface area (Å²) in [7, 11) is 1.80. The Labute approximate surface area is 101 Å². The molecule has 0 heterocycles. The first kappa shape index (κ1) is 15.2. The molecule has 0 fully saturated rings. The Kier molecular flexibility index (Phi) is 7.99. The molecule has 0 aromatic carbocycles. The second-order valence-electron chi connectivity index (χ2n) is 4.45. The topological polar surface area (TPSA) is 39.7 Å². The Hall–Kier alpha value is -0.770. The molecular formula is C12H28N4. The summed E-state index contributed by atoms with van der Waals surface area (Å²) >= 11 is 0. The van der Waals surface area contributed by atoms with Crippen molar-refractivity contribution in [1.82, 2.24) is 15.5 Å². The zero-order chi connectivity index (χ0) is 12.6. The lowest BCUT2D eigenvalue weighted by atomic mass is 10.2. The molecule has 0 saturated carbocycles. The average Bonchev–Trinajstić information content (AvgIpc) is 2.21. The minimum absolute atomic E-state index is 0.586. The van der Waals surface area contributed by atoms with E-state index < -0.39 is 0 Å². The van der Waals surface area contributed by atoms with Crippen molar-refractivity contribution in [3.8, 4) is 0 Å². The van der Waals surface area contributed by atoms with Crippen LogP contribution in [-0.2, 0) is 0 Å². The van der Waals surface area contributed by atoms with Crippen LogP contribution in [0, 0.1) is 0 Å². The van der Waals surface area contributed by atoms with Gasteiger partial charge in [-0.1, -0.05) is 0 Å². The fraction of sp³-hybridized carbons (Fsp3) is 0.917.